The van der Waals surface area contributed by atoms with Crippen molar-refractivity contribution in [3.63, 3.8) is 0 Å². The summed E-state index contributed by atoms with van der Waals surface area (Å²) >= 11 is 0. The summed E-state index contributed by atoms with van der Waals surface area (Å²) in [6.07, 6.45) is 2.00. The van der Waals surface area contributed by atoms with Gasteiger partial charge in [0, 0.05) is 30.8 Å². The van der Waals surface area contributed by atoms with Crippen molar-refractivity contribution >= 4 is 11.8 Å². The lowest BCUT2D eigenvalue weighted by Crippen LogP contribution is -2.15. The van der Waals surface area contributed by atoms with Crippen LogP contribution in [0.15, 0.2) is 6.07 Å². The smallest absolute Gasteiger partial charge is 0.222 e. The van der Waals surface area contributed by atoms with Gasteiger partial charge in [-0.2, -0.15) is 10.1 Å². The highest BCUT2D eigenvalue weighted by Crippen LogP contribution is 2.25. The van der Waals surface area contributed by atoms with Crippen molar-refractivity contribution in [3.8, 4) is 0 Å². The Kier molecular flexibility index (Phi) is 4.99. The van der Waals surface area contributed by atoms with Gasteiger partial charge in [0.05, 0.1) is 24.5 Å². The van der Waals surface area contributed by atoms with Gasteiger partial charge in [0.15, 0.2) is 0 Å². The molecule has 0 aromatic carbocycles. The largest absolute Gasteiger partial charge is 0.381 e. The summed E-state index contributed by atoms with van der Waals surface area (Å²) in [5.74, 6) is 1.39. The lowest BCUT2D eigenvalue weighted by Gasteiger charge is -2.12. The molecule has 1 saturated heterocycles. The van der Waals surface area contributed by atoms with Gasteiger partial charge in [-0.3, -0.25) is 4.68 Å². The summed E-state index contributed by atoms with van der Waals surface area (Å²) in [4.78, 5) is 8.63. The number of hydrogen-bond donors (Lipinski definition) is 2. The van der Waals surface area contributed by atoms with Crippen LogP contribution in [0.25, 0.3) is 0 Å². The van der Waals surface area contributed by atoms with Crippen molar-refractivity contribution < 1.29 is 4.74 Å². The molecule has 3 N–H and O–H groups in total. The topological polar surface area (TPSA) is 90.9 Å². The van der Waals surface area contributed by atoms with Crippen LogP contribution in [0.5, 0.6) is 0 Å². The van der Waals surface area contributed by atoms with Gasteiger partial charge in [0.25, 0.3) is 0 Å². The van der Waals surface area contributed by atoms with Gasteiger partial charge >= 0.3 is 0 Å². The van der Waals surface area contributed by atoms with Crippen LogP contribution in [0.1, 0.15) is 41.9 Å². The van der Waals surface area contributed by atoms with Gasteiger partial charge in [-0.05, 0) is 32.3 Å². The average Bonchev–Trinajstić information content (AvgIpc) is 3.16. The minimum absolute atomic E-state index is 0.307. The summed E-state index contributed by atoms with van der Waals surface area (Å²) in [7, 11) is 0. The van der Waals surface area contributed by atoms with Gasteiger partial charge in [-0.1, -0.05) is 6.92 Å². The Morgan fingerprint density at radius 3 is 2.88 bits per heavy atom. The van der Waals surface area contributed by atoms with Crippen LogP contribution < -0.4 is 11.1 Å². The van der Waals surface area contributed by atoms with Crippen LogP contribution in [0, 0.1) is 13.8 Å². The minimum Gasteiger partial charge on any atom is -0.381 e. The fraction of sp³-hybridized carbons (Fsp3) is 0.588. The number of ether oxygens (including phenoxy) is 1. The maximum atomic E-state index is 5.85. The monoisotopic (exact) mass is 330 g/mol. The first-order valence-corrected chi connectivity index (χ1v) is 8.57. The fourth-order valence-electron chi connectivity index (χ4n) is 3.31. The van der Waals surface area contributed by atoms with Gasteiger partial charge in [-0.25, -0.2) is 4.98 Å². The summed E-state index contributed by atoms with van der Waals surface area (Å²) in [6, 6.07) is 1.98. The van der Waals surface area contributed by atoms with E-state index in [1.165, 1.54) is 11.3 Å². The van der Waals surface area contributed by atoms with E-state index in [1.807, 2.05) is 6.07 Å². The normalized spacial score (nSPS) is 17.4. The van der Waals surface area contributed by atoms with Gasteiger partial charge in [-0.15, -0.1) is 0 Å². The van der Waals surface area contributed by atoms with Crippen molar-refractivity contribution in [3.05, 3.63) is 28.7 Å². The van der Waals surface area contributed by atoms with Crippen molar-refractivity contribution in [2.24, 2.45) is 0 Å². The quantitative estimate of drug-likeness (QED) is 0.842. The molecule has 2 aromatic rings. The molecule has 0 radical (unpaired) electrons. The molecule has 0 amide bonds. The molecule has 7 nitrogen and oxygen atoms in total. The number of nitrogens with two attached hydrogens (primary N) is 1. The van der Waals surface area contributed by atoms with Crippen molar-refractivity contribution in [2.45, 2.75) is 46.1 Å². The number of hydrogen-bond acceptors (Lipinski definition) is 6. The molecular weight excluding hydrogens is 304 g/mol. The van der Waals surface area contributed by atoms with E-state index in [0.29, 0.717) is 18.5 Å². The fourth-order valence-corrected chi connectivity index (χ4v) is 3.31. The Hall–Kier alpha value is -2.15. The Bertz CT molecular complexity index is 705. The highest BCUT2D eigenvalue weighted by molar-refractivity contribution is 5.41. The van der Waals surface area contributed by atoms with Crippen molar-refractivity contribution in [1.82, 2.24) is 19.7 Å². The van der Waals surface area contributed by atoms with E-state index in [4.69, 9.17) is 10.5 Å². The summed E-state index contributed by atoms with van der Waals surface area (Å²) in [6.45, 7) is 9.38. The molecule has 0 spiro atoms. The molecule has 24 heavy (non-hydrogen) atoms. The zero-order valence-electron chi connectivity index (χ0n) is 14.7. The summed E-state index contributed by atoms with van der Waals surface area (Å²) in [5.41, 5.74) is 10.5. The van der Waals surface area contributed by atoms with Crippen LogP contribution in [0.3, 0.4) is 0 Å². The third kappa shape index (κ3) is 3.51. The first-order valence-electron chi connectivity index (χ1n) is 8.57. The van der Waals surface area contributed by atoms with E-state index in [-0.39, 0.29) is 0 Å². The number of nitrogens with one attached hydrogen (secondary N) is 1. The number of rotatable bonds is 6. The summed E-state index contributed by atoms with van der Waals surface area (Å²) < 4.78 is 7.49. The SMILES string of the molecule is CCc1c(C)nn(CCNc2cc([C@H]3CCOC3)nc(N)n2)c1C. The second-order valence-corrected chi connectivity index (χ2v) is 6.25. The highest BCUT2D eigenvalue weighted by Gasteiger charge is 2.20. The van der Waals surface area contributed by atoms with Crippen LogP contribution >= 0.6 is 0 Å². The molecule has 1 fully saturated rings. The third-order valence-electron chi connectivity index (χ3n) is 4.63. The minimum atomic E-state index is 0.307. The average molecular weight is 330 g/mol. The molecule has 1 atom stereocenters. The van der Waals surface area contributed by atoms with Crippen molar-refractivity contribution in [2.75, 3.05) is 30.8 Å². The Morgan fingerprint density at radius 1 is 1.38 bits per heavy atom. The molecule has 3 heterocycles. The van der Waals surface area contributed by atoms with Crippen molar-refractivity contribution in [1.29, 1.82) is 0 Å². The molecule has 0 aliphatic carbocycles. The standard InChI is InChI=1S/C17H26N6O/c1-4-14-11(2)22-23(12(14)3)7-6-19-16-9-15(20-17(18)21-16)13-5-8-24-10-13/h9,13H,4-8,10H2,1-3H3,(H3,18,19,20,21)/t13-/m0/s1. The first-order chi connectivity index (χ1) is 11.6. The molecule has 2 aromatic heterocycles. The van der Waals surface area contributed by atoms with E-state index in [1.54, 1.807) is 0 Å². The van der Waals surface area contributed by atoms with E-state index >= 15 is 0 Å². The maximum absolute atomic E-state index is 5.85. The van der Waals surface area contributed by atoms with E-state index in [2.05, 4.69) is 45.8 Å². The predicted molar refractivity (Wildman–Crippen MR) is 94.2 cm³/mol. The third-order valence-corrected chi connectivity index (χ3v) is 4.63. The molecule has 0 bridgehead atoms. The van der Waals surface area contributed by atoms with Crippen LogP contribution in [0.2, 0.25) is 0 Å². The molecule has 3 rings (SSSR count). The van der Waals surface area contributed by atoms with E-state index in [9.17, 15) is 0 Å². The highest BCUT2D eigenvalue weighted by atomic mass is 16.5. The molecule has 7 heteroatoms. The Labute approximate surface area is 142 Å². The first kappa shape index (κ1) is 16.7. The van der Waals surface area contributed by atoms with Gasteiger partial charge in [0.2, 0.25) is 5.95 Å². The second-order valence-electron chi connectivity index (χ2n) is 6.25. The second kappa shape index (κ2) is 7.17. The number of nitrogens with zero attached hydrogens (tertiary/aromatic N) is 4. The van der Waals surface area contributed by atoms with E-state index < -0.39 is 0 Å². The number of nitrogen functional groups attached to an aromatic ring is 1. The molecule has 130 valence electrons. The lowest BCUT2D eigenvalue weighted by molar-refractivity contribution is 0.193. The van der Waals surface area contributed by atoms with Gasteiger partial charge < -0.3 is 15.8 Å². The molecular formula is C17H26N6O. The van der Waals surface area contributed by atoms with Crippen LogP contribution in [-0.4, -0.2) is 39.5 Å². The van der Waals surface area contributed by atoms with E-state index in [0.717, 1.165) is 49.7 Å². The number of aromatic nitrogens is 4. The molecule has 1 aliphatic heterocycles. The maximum Gasteiger partial charge on any atom is 0.222 e. The van der Waals surface area contributed by atoms with Crippen LogP contribution in [0.4, 0.5) is 11.8 Å². The van der Waals surface area contributed by atoms with Crippen LogP contribution in [-0.2, 0) is 17.7 Å². The zero-order chi connectivity index (χ0) is 17.1. The molecule has 0 unspecified atom stereocenters. The lowest BCUT2D eigenvalue weighted by atomic mass is 10.0. The number of aryl methyl sites for hydroxylation is 1. The predicted octanol–water partition coefficient (Wildman–Crippen LogP) is 2.05. The summed E-state index contributed by atoms with van der Waals surface area (Å²) in [5, 5.41) is 7.95. The van der Waals surface area contributed by atoms with Gasteiger partial charge in [0.1, 0.15) is 5.82 Å². The number of anilines is 2. The zero-order valence-corrected chi connectivity index (χ0v) is 14.7. The Morgan fingerprint density at radius 2 is 2.21 bits per heavy atom. The molecule has 0 saturated carbocycles. The Balaban J connectivity index is 1.64. The molecule has 1 aliphatic rings.